The molecule has 3 nitrogen and oxygen atoms in total. The van der Waals surface area contributed by atoms with Gasteiger partial charge in [-0.05, 0) is 53.8 Å². The molecule has 3 N–H and O–H groups in total. The molecule has 0 aromatic heterocycles. The maximum Gasteiger partial charge on any atom is 0.0244 e. The maximum atomic E-state index is 3.84. The molecule has 3 heteroatoms. The normalized spacial score (nSPS) is 16.2. The molecular weight excluding hydrogens is 222 g/mol. The Morgan fingerprint density at radius 3 is 1.94 bits per heavy atom. The maximum absolute atomic E-state index is 3.84. The molecule has 3 unspecified atom stereocenters. The van der Waals surface area contributed by atoms with Gasteiger partial charge in [-0.2, -0.15) is 0 Å². The summed E-state index contributed by atoms with van der Waals surface area (Å²) in [5.41, 5.74) is 0. The molecule has 0 fully saturated rings. The van der Waals surface area contributed by atoms with E-state index in [1.54, 1.807) is 0 Å². The molecule has 3 atom stereocenters. The van der Waals surface area contributed by atoms with Crippen molar-refractivity contribution in [3.8, 4) is 0 Å². The summed E-state index contributed by atoms with van der Waals surface area (Å²) >= 11 is 0. The Bertz CT molecular complexity index is 194. The summed E-state index contributed by atoms with van der Waals surface area (Å²) in [5, 5.41) is 9.99. The number of nitrogens with one attached hydrogen (secondary N) is 3. The van der Waals surface area contributed by atoms with Gasteiger partial charge < -0.3 is 16.0 Å². The summed E-state index contributed by atoms with van der Waals surface area (Å²) in [6.45, 7) is 6.09. The van der Waals surface area contributed by atoms with Crippen LogP contribution in [0.15, 0.2) is 12.7 Å². The highest BCUT2D eigenvalue weighted by Crippen LogP contribution is 2.11. The third-order valence-corrected chi connectivity index (χ3v) is 3.81. The quantitative estimate of drug-likeness (QED) is 0.468. The van der Waals surface area contributed by atoms with E-state index in [0.717, 1.165) is 0 Å². The topological polar surface area (TPSA) is 36.1 Å². The second kappa shape index (κ2) is 11.7. The smallest absolute Gasteiger partial charge is 0.0244 e. The zero-order valence-electron chi connectivity index (χ0n) is 12.8. The Morgan fingerprint density at radius 1 is 0.889 bits per heavy atom. The summed E-state index contributed by atoms with van der Waals surface area (Å²) in [4.78, 5) is 0. The molecule has 0 aliphatic heterocycles. The van der Waals surface area contributed by atoms with Gasteiger partial charge in [0.15, 0.2) is 0 Å². The third-order valence-electron chi connectivity index (χ3n) is 3.81. The van der Waals surface area contributed by atoms with E-state index < -0.39 is 0 Å². The van der Waals surface area contributed by atoms with E-state index in [2.05, 4.69) is 36.5 Å². The lowest BCUT2D eigenvalue weighted by Crippen LogP contribution is -2.28. The second-order valence-corrected chi connectivity index (χ2v) is 5.17. The minimum Gasteiger partial charge on any atom is -0.317 e. The van der Waals surface area contributed by atoms with Gasteiger partial charge in [0.25, 0.3) is 0 Å². The van der Waals surface area contributed by atoms with E-state index in [-0.39, 0.29) is 0 Å². The average Bonchev–Trinajstić information content (AvgIpc) is 2.41. The van der Waals surface area contributed by atoms with E-state index in [4.69, 9.17) is 0 Å². The molecule has 0 aliphatic rings. The molecule has 0 saturated carbocycles. The molecule has 0 aromatic rings. The van der Waals surface area contributed by atoms with E-state index in [1.165, 1.54) is 38.5 Å². The summed E-state index contributed by atoms with van der Waals surface area (Å²) in [6, 6.07) is 1.76. The molecule has 0 amide bonds. The standard InChI is InChI=1S/C15H33N3/c1-6-14(17-4)10-8-12-15(18-5)11-7-9-13(2)16-3/h6,13-18H,1,7-12H2,2-5H3. The van der Waals surface area contributed by atoms with Gasteiger partial charge in [-0.3, -0.25) is 0 Å². The van der Waals surface area contributed by atoms with E-state index in [1.807, 2.05) is 20.2 Å². The number of rotatable bonds is 12. The van der Waals surface area contributed by atoms with Crippen LogP contribution in [-0.2, 0) is 0 Å². The molecule has 0 aromatic carbocycles. The Balaban J connectivity index is 3.66. The zero-order valence-corrected chi connectivity index (χ0v) is 12.8. The molecule has 108 valence electrons. The van der Waals surface area contributed by atoms with E-state index in [0.29, 0.717) is 18.1 Å². The highest BCUT2D eigenvalue weighted by molar-refractivity contribution is 4.84. The Labute approximate surface area is 114 Å². The fraction of sp³-hybridized carbons (Fsp3) is 0.867. The number of likely N-dealkylation sites (N-methyl/N-ethyl adjacent to an activating group) is 1. The van der Waals surface area contributed by atoms with E-state index in [9.17, 15) is 0 Å². The first-order chi connectivity index (χ1) is 8.67. The van der Waals surface area contributed by atoms with Crippen molar-refractivity contribution in [1.82, 2.24) is 16.0 Å². The predicted octanol–water partition coefficient (Wildman–Crippen LogP) is 2.30. The van der Waals surface area contributed by atoms with Crippen molar-refractivity contribution in [3.05, 3.63) is 12.7 Å². The molecular formula is C15H33N3. The lowest BCUT2D eigenvalue weighted by atomic mass is 10.00. The fourth-order valence-electron chi connectivity index (χ4n) is 2.21. The Kier molecular flexibility index (Phi) is 11.4. The van der Waals surface area contributed by atoms with Crippen LogP contribution < -0.4 is 16.0 Å². The van der Waals surface area contributed by atoms with Crippen molar-refractivity contribution >= 4 is 0 Å². The molecule has 0 radical (unpaired) electrons. The fourth-order valence-corrected chi connectivity index (χ4v) is 2.21. The van der Waals surface area contributed by atoms with E-state index >= 15 is 0 Å². The number of hydrogen-bond acceptors (Lipinski definition) is 3. The molecule has 0 heterocycles. The molecule has 0 rings (SSSR count). The Hall–Kier alpha value is -0.380. The third kappa shape index (κ3) is 8.67. The van der Waals surface area contributed by atoms with Crippen molar-refractivity contribution in [3.63, 3.8) is 0 Å². The highest BCUT2D eigenvalue weighted by atomic mass is 14.9. The molecule has 0 bridgehead atoms. The van der Waals surface area contributed by atoms with Gasteiger partial charge in [0.05, 0.1) is 0 Å². The molecule has 0 aliphatic carbocycles. The highest BCUT2D eigenvalue weighted by Gasteiger charge is 2.08. The van der Waals surface area contributed by atoms with Gasteiger partial charge >= 0.3 is 0 Å². The molecule has 0 saturated heterocycles. The van der Waals surface area contributed by atoms with Gasteiger partial charge in [-0.25, -0.2) is 0 Å². The van der Waals surface area contributed by atoms with Gasteiger partial charge in [0.1, 0.15) is 0 Å². The summed E-state index contributed by atoms with van der Waals surface area (Å²) in [5.74, 6) is 0. The van der Waals surface area contributed by atoms with Gasteiger partial charge in [-0.1, -0.05) is 18.9 Å². The van der Waals surface area contributed by atoms with Crippen LogP contribution in [0.25, 0.3) is 0 Å². The molecule has 18 heavy (non-hydrogen) atoms. The Morgan fingerprint density at radius 2 is 1.50 bits per heavy atom. The van der Waals surface area contributed by atoms with Crippen molar-refractivity contribution in [2.24, 2.45) is 0 Å². The summed E-state index contributed by atoms with van der Waals surface area (Å²) in [6.07, 6.45) is 9.54. The monoisotopic (exact) mass is 255 g/mol. The minimum absolute atomic E-state index is 0.465. The second-order valence-electron chi connectivity index (χ2n) is 5.17. The van der Waals surface area contributed by atoms with Crippen LogP contribution in [0.1, 0.15) is 45.4 Å². The van der Waals surface area contributed by atoms with Crippen molar-refractivity contribution in [2.75, 3.05) is 21.1 Å². The van der Waals surface area contributed by atoms with Crippen molar-refractivity contribution < 1.29 is 0 Å². The average molecular weight is 255 g/mol. The first-order valence-electron chi connectivity index (χ1n) is 7.32. The number of hydrogen-bond donors (Lipinski definition) is 3. The minimum atomic E-state index is 0.465. The van der Waals surface area contributed by atoms with Gasteiger partial charge in [0, 0.05) is 18.1 Å². The van der Waals surface area contributed by atoms with Gasteiger partial charge in [0.2, 0.25) is 0 Å². The van der Waals surface area contributed by atoms with Crippen LogP contribution in [0.4, 0.5) is 0 Å². The van der Waals surface area contributed by atoms with Crippen LogP contribution in [0.3, 0.4) is 0 Å². The van der Waals surface area contributed by atoms with Crippen LogP contribution in [0.5, 0.6) is 0 Å². The van der Waals surface area contributed by atoms with Crippen LogP contribution in [-0.4, -0.2) is 39.3 Å². The predicted molar refractivity (Wildman–Crippen MR) is 82.1 cm³/mol. The SMILES string of the molecule is C=CC(CCCC(CCCC(C)NC)NC)NC. The largest absolute Gasteiger partial charge is 0.317 e. The molecule has 0 spiro atoms. The lowest BCUT2D eigenvalue weighted by molar-refractivity contribution is 0.421. The van der Waals surface area contributed by atoms with Crippen LogP contribution in [0.2, 0.25) is 0 Å². The first kappa shape index (κ1) is 17.6. The summed E-state index contributed by atoms with van der Waals surface area (Å²) < 4.78 is 0. The zero-order chi connectivity index (χ0) is 13.8. The first-order valence-corrected chi connectivity index (χ1v) is 7.32. The van der Waals surface area contributed by atoms with Crippen molar-refractivity contribution in [2.45, 2.75) is 63.6 Å². The van der Waals surface area contributed by atoms with Crippen molar-refractivity contribution in [1.29, 1.82) is 0 Å². The summed E-state index contributed by atoms with van der Waals surface area (Å²) in [7, 11) is 6.11. The lowest BCUT2D eigenvalue weighted by Gasteiger charge is -2.18. The van der Waals surface area contributed by atoms with Gasteiger partial charge in [-0.15, -0.1) is 6.58 Å². The van der Waals surface area contributed by atoms with Crippen LogP contribution >= 0.6 is 0 Å². The van der Waals surface area contributed by atoms with Crippen LogP contribution in [0, 0.1) is 0 Å².